The molecule has 0 bridgehead atoms. The Balaban J connectivity index is 1.24. The zero-order chi connectivity index (χ0) is 54.2. The van der Waals surface area contributed by atoms with E-state index >= 15 is 0 Å². The molecular formula is C70H79BN2. The van der Waals surface area contributed by atoms with E-state index in [1.54, 1.807) is 0 Å². The molecule has 0 aromatic heterocycles. The fourth-order valence-corrected chi connectivity index (χ4v) is 15.5. The minimum atomic E-state index is -2.20. The highest BCUT2D eigenvalue weighted by atomic mass is 15.2. The summed E-state index contributed by atoms with van der Waals surface area (Å²) in [7, 11) is 0. The summed E-state index contributed by atoms with van der Waals surface area (Å²) in [6.45, 7) is 33.9. The fourth-order valence-electron chi connectivity index (χ4n) is 15.5. The summed E-state index contributed by atoms with van der Waals surface area (Å²) in [5.74, 6) is 0. The third-order valence-electron chi connectivity index (χ3n) is 19.2. The maximum absolute atomic E-state index is 8.91. The van der Waals surface area contributed by atoms with Crippen LogP contribution in [0.25, 0.3) is 11.1 Å². The Morgan fingerprint density at radius 3 is 1.45 bits per heavy atom. The van der Waals surface area contributed by atoms with Crippen LogP contribution < -0.4 is 26.2 Å². The van der Waals surface area contributed by atoms with Crippen LogP contribution in [0.5, 0.6) is 0 Å². The Bertz CT molecular complexity index is 3550. The van der Waals surface area contributed by atoms with Gasteiger partial charge in [-0.1, -0.05) is 189 Å². The highest BCUT2D eigenvalue weighted by Gasteiger charge is 2.51. The summed E-state index contributed by atoms with van der Waals surface area (Å²) in [6, 6.07) is 49.0. The Labute approximate surface area is 444 Å². The lowest BCUT2D eigenvalue weighted by Crippen LogP contribution is -2.62. The molecule has 3 heteroatoms. The molecule has 7 aromatic carbocycles. The molecule has 3 aliphatic carbocycles. The Morgan fingerprint density at radius 2 is 0.918 bits per heavy atom. The largest absolute Gasteiger partial charge is 0.311 e. The maximum Gasteiger partial charge on any atom is 0.252 e. The Hall–Kier alpha value is -5.80. The van der Waals surface area contributed by atoms with Gasteiger partial charge < -0.3 is 9.80 Å². The predicted octanol–water partition coefficient (Wildman–Crippen LogP) is 16.9. The molecule has 12 rings (SSSR count). The highest BCUT2D eigenvalue weighted by Crippen LogP contribution is 2.57. The average Bonchev–Trinajstić information content (AvgIpc) is 3.79. The molecule has 372 valence electrons. The SMILES string of the molecule is [2H]C([2H])([2H])Cc1cc2c3c(c1)N(c1ccc(C(C)(C)c4ccccc4)cc1-c1ccccc1)c1cc4c(cc1B3c1cc3c(cc1N2c1cc2c(cc1C)C(C)(C)CC2(C)C)C(C)(C)CCC3(C)C)C(C)(C)CC4(C)C. The molecule has 0 N–H and O–H groups in total. The summed E-state index contributed by atoms with van der Waals surface area (Å²) >= 11 is 0. The van der Waals surface area contributed by atoms with Gasteiger partial charge in [0.2, 0.25) is 0 Å². The zero-order valence-corrected chi connectivity index (χ0v) is 46.6. The van der Waals surface area contributed by atoms with Crippen LogP contribution in [0, 0.1) is 6.92 Å². The van der Waals surface area contributed by atoms with Crippen molar-refractivity contribution in [2.24, 2.45) is 0 Å². The van der Waals surface area contributed by atoms with Crippen molar-refractivity contribution in [1.82, 2.24) is 0 Å². The lowest BCUT2D eigenvalue weighted by molar-refractivity contribution is 0.332. The van der Waals surface area contributed by atoms with E-state index in [1.807, 2.05) is 0 Å². The highest BCUT2D eigenvalue weighted by molar-refractivity contribution is 7.00. The summed E-state index contributed by atoms with van der Waals surface area (Å²) in [4.78, 5) is 5.18. The molecule has 0 saturated heterocycles. The quantitative estimate of drug-likeness (QED) is 0.153. The summed E-state index contributed by atoms with van der Waals surface area (Å²) in [5.41, 5.74) is 25.7. The first-order chi connectivity index (χ1) is 35.4. The van der Waals surface area contributed by atoms with Gasteiger partial charge in [0.15, 0.2) is 0 Å². The number of rotatable bonds is 6. The molecular weight excluding hydrogens is 880 g/mol. The van der Waals surface area contributed by atoms with Gasteiger partial charge in [0.1, 0.15) is 0 Å². The van der Waals surface area contributed by atoms with Crippen molar-refractivity contribution in [3.8, 4) is 11.1 Å². The van der Waals surface area contributed by atoms with Crippen molar-refractivity contribution in [2.45, 2.75) is 181 Å². The first kappa shape index (κ1) is 44.7. The first-order valence-electron chi connectivity index (χ1n) is 29.0. The van der Waals surface area contributed by atoms with E-state index in [0.29, 0.717) is 0 Å². The van der Waals surface area contributed by atoms with Crippen LogP contribution in [0.2, 0.25) is 0 Å². The minimum absolute atomic E-state index is 0.0240. The molecule has 2 nitrogen and oxygen atoms in total. The van der Waals surface area contributed by atoms with Gasteiger partial charge in [0, 0.05) is 43.5 Å². The fraction of sp³-hybridized carbons (Fsp3) is 0.400. The van der Waals surface area contributed by atoms with E-state index in [2.05, 4.69) is 241 Å². The molecule has 0 amide bonds. The molecule has 0 saturated carbocycles. The van der Waals surface area contributed by atoms with Crippen molar-refractivity contribution in [3.63, 3.8) is 0 Å². The van der Waals surface area contributed by atoms with E-state index in [1.165, 1.54) is 83.5 Å². The molecule has 0 unspecified atom stereocenters. The molecule has 5 aliphatic rings. The number of benzene rings is 7. The second-order valence-corrected chi connectivity index (χ2v) is 27.7. The number of anilines is 6. The standard InChI is InChI=1S/C70H79BN2/c1-17-44-33-61-63-62(34-44)73(58-38-53-49(32-43(58)2)66(7,8)41-68(53,11)12)60-39-52-50(64(3,4)30-31-65(52,5)6)36-55(60)71(63)56-37-51-54(69(13,14)42-67(51,9)10)40-59(56)72(61)57-29-28-47(35-48(57)45-24-20-18-21-25-45)70(15,16)46-26-22-19-23-27-46/h18-29,32-40H,17,30-31,41-42H2,1-16H3/i1D3. The topological polar surface area (TPSA) is 6.48 Å². The molecule has 0 fully saturated rings. The molecule has 0 spiro atoms. The van der Waals surface area contributed by atoms with Crippen molar-refractivity contribution >= 4 is 57.2 Å². The van der Waals surface area contributed by atoms with Gasteiger partial charge >= 0.3 is 0 Å². The van der Waals surface area contributed by atoms with Crippen LogP contribution in [-0.4, -0.2) is 6.71 Å². The third kappa shape index (κ3) is 7.09. The van der Waals surface area contributed by atoms with Gasteiger partial charge in [0.25, 0.3) is 6.71 Å². The smallest absolute Gasteiger partial charge is 0.252 e. The maximum atomic E-state index is 8.91. The summed E-state index contributed by atoms with van der Waals surface area (Å²) in [6.07, 6.45) is 4.31. The van der Waals surface area contributed by atoms with Crippen LogP contribution >= 0.6 is 0 Å². The lowest BCUT2D eigenvalue weighted by Gasteiger charge is -2.48. The number of hydrogen-bond donors (Lipinski definition) is 0. The molecule has 2 heterocycles. The van der Waals surface area contributed by atoms with Crippen LogP contribution in [0.3, 0.4) is 0 Å². The number of hydrogen-bond acceptors (Lipinski definition) is 2. The van der Waals surface area contributed by atoms with E-state index in [-0.39, 0.29) is 51.0 Å². The van der Waals surface area contributed by atoms with E-state index in [4.69, 9.17) is 4.11 Å². The number of nitrogens with zero attached hydrogens (tertiary/aromatic N) is 2. The second-order valence-electron chi connectivity index (χ2n) is 27.7. The molecule has 73 heavy (non-hydrogen) atoms. The number of aryl methyl sites for hydroxylation is 2. The molecule has 2 aliphatic heterocycles. The number of fused-ring (bicyclic) bond motifs is 7. The third-order valence-corrected chi connectivity index (χ3v) is 19.2. The zero-order valence-electron chi connectivity index (χ0n) is 49.6. The Morgan fingerprint density at radius 1 is 0.466 bits per heavy atom. The molecule has 0 radical (unpaired) electrons. The molecule has 0 atom stereocenters. The molecule has 7 aromatic rings. The van der Waals surface area contributed by atoms with Crippen molar-refractivity contribution in [2.75, 3.05) is 9.80 Å². The van der Waals surface area contributed by atoms with Gasteiger partial charge in [0.05, 0.1) is 5.69 Å². The van der Waals surface area contributed by atoms with Crippen molar-refractivity contribution in [1.29, 1.82) is 0 Å². The van der Waals surface area contributed by atoms with Crippen LogP contribution in [0.15, 0.2) is 127 Å². The minimum Gasteiger partial charge on any atom is -0.311 e. The first-order valence-corrected chi connectivity index (χ1v) is 27.5. The van der Waals surface area contributed by atoms with Crippen LogP contribution in [0.1, 0.15) is 189 Å². The van der Waals surface area contributed by atoms with Gasteiger partial charge in [-0.2, -0.15) is 0 Å². The lowest BCUT2D eigenvalue weighted by atomic mass is 9.32. The normalized spacial score (nSPS) is 20.4. The summed E-state index contributed by atoms with van der Waals surface area (Å²) in [5, 5.41) is 0. The van der Waals surface area contributed by atoms with Gasteiger partial charge in [-0.3, -0.25) is 0 Å². The van der Waals surface area contributed by atoms with Gasteiger partial charge in [-0.05, 0) is 192 Å². The van der Waals surface area contributed by atoms with Crippen molar-refractivity contribution in [3.05, 3.63) is 183 Å². The van der Waals surface area contributed by atoms with Crippen LogP contribution in [0.4, 0.5) is 34.1 Å². The predicted molar refractivity (Wildman–Crippen MR) is 315 cm³/mol. The van der Waals surface area contributed by atoms with Crippen LogP contribution in [-0.2, 0) is 44.3 Å². The monoisotopic (exact) mass is 962 g/mol. The summed E-state index contributed by atoms with van der Waals surface area (Å²) < 4.78 is 26.7. The Kier molecular flexibility index (Phi) is 9.56. The van der Waals surface area contributed by atoms with Gasteiger partial charge in [-0.25, -0.2) is 0 Å². The van der Waals surface area contributed by atoms with E-state index in [9.17, 15) is 0 Å². The van der Waals surface area contributed by atoms with E-state index in [0.717, 1.165) is 59.4 Å². The van der Waals surface area contributed by atoms with E-state index < -0.39 is 6.85 Å². The second kappa shape index (κ2) is 15.6. The average molecular weight is 962 g/mol. The van der Waals surface area contributed by atoms with Gasteiger partial charge in [-0.15, -0.1) is 0 Å². The van der Waals surface area contributed by atoms with Crippen molar-refractivity contribution < 1.29 is 4.11 Å².